The van der Waals surface area contributed by atoms with Crippen LogP contribution in [0.25, 0.3) is 0 Å². The Morgan fingerprint density at radius 2 is 1.82 bits per heavy atom. The maximum atomic E-state index is 13.4. The molecule has 8 nitrogen and oxygen atoms in total. The number of hydrogen-bond acceptors (Lipinski definition) is 6. The van der Waals surface area contributed by atoms with Crippen molar-refractivity contribution < 1.29 is 27.5 Å². The molecule has 148 valence electrons. The van der Waals surface area contributed by atoms with Gasteiger partial charge in [-0.2, -0.15) is 0 Å². The highest BCUT2D eigenvalue weighted by atomic mass is 32.2. The third kappa shape index (κ3) is 3.40. The minimum Gasteiger partial charge on any atom is -0.493 e. The molecule has 2 aromatic rings. The second-order valence-electron chi connectivity index (χ2n) is 6.27. The van der Waals surface area contributed by atoms with Crippen molar-refractivity contribution in [2.24, 2.45) is 5.73 Å². The van der Waals surface area contributed by atoms with Crippen LogP contribution in [0, 0.1) is 0 Å². The van der Waals surface area contributed by atoms with Crippen LogP contribution in [0.2, 0.25) is 0 Å². The zero-order valence-corrected chi connectivity index (χ0v) is 16.2. The number of rotatable bonds is 5. The van der Waals surface area contributed by atoms with E-state index in [0.29, 0.717) is 17.1 Å². The molecule has 2 aromatic carbocycles. The standard InChI is InChI=1S/C19H20N2O6S/c1-26-14-8-7-12(9-15(14)27-2)17-10-19(23)21(11-18(20)22)13-5-3-4-6-16(13)28(17,24)25/h3-9,17H,10-11H2,1-2H3,(H2,20,22). The highest BCUT2D eigenvalue weighted by Gasteiger charge is 2.40. The molecule has 3 rings (SSSR count). The number of nitrogens with zero attached hydrogens (tertiary/aromatic N) is 1. The number of primary amides is 1. The van der Waals surface area contributed by atoms with E-state index in [1.54, 1.807) is 30.3 Å². The van der Waals surface area contributed by atoms with E-state index >= 15 is 0 Å². The Morgan fingerprint density at radius 3 is 2.46 bits per heavy atom. The summed E-state index contributed by atoms with van der Waals surface area (Å²) >= 11 is 0. The normalized spacial score (nSPS) is 18.1. The molecule has 0 spiro atoms. The fourth-order valence-corrected chi connectivity index (χ4v) is 5.18. The van der Waals surface area contributed by atoms with Crippen LogP contribution < -0.4 is 20.1 Å². The van der Waals surface area contributed by atoms with E-state index in [-0.39, 0.29) is 17.0 Å². The zero-order valence-electron chi connectivity index (χ0n) is 15.4. The van der Waals surface area contributed by atoms with Crippen LogP contribution in [-0.4, -0.2) is 41.0 Å². The van der Waals surface area contributed by atoms with Crippen LogP contribution in [0.5, 0.6) is 11.5 Å². The van der Waals surface area contributed by atoms with Gasteiger partial charge in [0.2, 0.25) is 11.8 Å². The molecule has 0 saturated carbocycles. The van der Waals surface area contributed by atoms with Gasteiger partial charge in [-0.15, -0.1) is 0 Å². The van der Waals surface area contributed by atoms with Crippen molar-refractivity contribution in [1.82, 2.24) is 0 Å². The Labute approximate surface area is 162 Å². The molecule has 0 bridgehead atoms. The van der Waals surface area contributed by atoms with E-state index in [9.17, 15) is 18.0 Å². The van der Waals surface area contributed by atoms with Gasteiger partial charge < -0.3 is 20.1 Å². The van der Waals surface area contributed by atoms with Crippen molar-refractivity contribution in [3.05, 3.63) is 48.0 Å². The molecule has 0 saturated heterocycles. The van der Waals surface area contributed by atoms with Crippen molar-refractivity contribution in [2.75, 3.05) is 25.7 Å². The van der Waals surface area contributed by atoms with Gasteiger partial charge >= 0.3 is 0 Å². The lowest BCUT2D eigenvalue weighted by Gasteiger charge is -2.20. The Bertz CT molecular complexity index is 1030. The van der Waals surface area contributed by atoms with Gasteiger partial charge in [0, 0.05) is 6.42 Å². The number of ether oxygens (including phenoxy) is 2. The number of para-hydroxylation sites is 1. The molecule has 0 aromatic heterocycles. The number of fused-ring (bicyclic) bond motifs is 1. The van der Waals surface area contributed by atoms with Crippen LogP contribution in [-0.2, 0) is 19.4 Å². The maximum absolute atomic E-state index is 13.4. The Balaban J connectivity index is 2.18. The average molecular weight is 404 g/mol. The van der Waals surface area contributed by atoms with Crippen LogP contribution in [0.3, 0.4) is 0 Å². The predicted octanol–water partition coefficient (Wildman–Crippen LogP) is 1.44. The number of carbonyl (C=O) groups excluding carboxylic acids is 2. The number of anilines is 1. The quantitative estimate of drug-likeness (QED) is 0.806. The zero-order chi connectivity index (χ0) is 20.5. The second kappa shape index (κ2) is 7.51. The molecular formula is C19H20N2O6S. The highest BCUT2D eigenvalue weighted by Crippen LogP contribution is 2.42. The van der Waals surface area contributed by atoms with Crippen molar-refractivity contribution >= 4 is 27.3 Å². The Kier molecular flexibility index (Phi) is 5.28. The predicted molar refractivity (Wildman–Crippen MR) is 102 cm³/mol. The molecule has 0 fully saturated rings. The average Bonchev–Trinajstić information content (AvgIpc) is 2.76. The van der Waals surface area contributed by atoms with E-state index < -0.39 is 33.4 Å². The molecule has 1 unspecified atom stereocenters. The molecule has 1 heterocycles. The van der Waals surface area contributed by atoms with Gasteiger partial charge in [-0.25, -0.2) is 8.42 Å². The number of amides is 2. The van der Waals surface area contributed by atoms with Gasteiger partial charge in [0.05, 0.1) is 30.1 Å². The summed E-state index contributed by atoms with van der Waals surface area (Å²) in [5.74, 6) is -0.439. The number of carbonyl (C=O) groups is 2. The number of hydrogen-bond donors (Lipinski definition) is 1. The van der Waals surface area contributed by atoms with Gasteiger partial charge in [0.1, 0.15) is 6.54 Å². The minimum atomic E-state index is -3.93. The third-order valence-corrected chi connectivity index (χ3v) is 6.74. The van der Waals surface area contributed by atoms with Gasteiger partial charge in [-0.3, -0.25) is 9.59 Å². The summed E-state index contributed by atoms with van der Waals surface area (Å²) < 4.78 is 37.2. The summed E-state index contributed by atoms with van der Waals surface area (Å²) in [5.41, 5.74) is 5.80. The lowest BCUT2D eigenvalue weighted by atomic mass is 10.1. The highest BCUT2D eigenvalue weighted by molar-refractivity contribution is 7.92. The molecule has 9 heteroatoms. The lowest BCUT2D eigenvalue weighted by molar-refractivity contribution is -0.122. The first-order valence-electron chi connectivity index (χ1n) is 8.43. The summed E-state index contributed by atoms with van der Waals surface area (Å²) in [5, 5.41) is -1.14. The second-order valence-corrected chi connectivity index (χ2v) is 8.36. The van der Waals surface area contributed by atoms with Crippen LogP contribution in [0.15, 0.2) is 47.4 Å². The number of methoxy groups -OCH3 is 2. The molecular weight excluding hydrogens is 384 g/mol. The third-order valence-electron chi connectivity index (χ3n) is 4.59. The topological polar surface area (TPSA) is 116 Å². The molecule has 1 aliphatic heterocycles. The fraction of sp³-hybridized carbons (Fsp3) is 0.263. The maximum Gasteiger partial charge on any atom is 0.237 e. The van der Waals surface area contributed by atoms with Crippen molar-refractivity contribution in [2.45, 2.75) is 16.6 Å². The van der Waals surface area contributed by atoms with Crippen molar-refractivity contribution in [3.8, 4) is 11.5 Å². The van der Waals surface area contributed by atoms with E-state index in [2.05, 4.69) is 0 Å². The number of sulfone groups is 1. The van der Waals surface area contributed by atoms with Gasteiger partial charge in [0.25, 0.3) is 0 Å². The monoisotopic (exact) mass is 404 g/mol. The van der Waals surface area contributed by atoms with Crippen LogP contribution in [0.4, 0.5) is 5.69 Å². The summed E-state index contributed by atoms with van der Waals surface area (Å²) in [7, 11) is -1.01. The smallest absolute Gasteiger partial charge is 0.237 e. The summed E-state index contributed by atoms with van der Waals surface area (Å²) in [6.07, 6.45) is -0.334. The van der Waals surface area contributed by atoms with Gasteiger partial charge in [-0.1, -0.05) is 18.2 Å². The molecule has 0 radical (unpaired) electrons. The summed E-state index contributed by atoms with van der Waals surface area (Å²) in [6, 6.07) is 10.8. The molecule has 0 aliphatic carbocycles. The summed E-state index contributed by atoms with van der Waals surface area (Å²) in [6.45, 7) is -0.399. The van der Waals surface area contributed by atoms with Gasteiger partial charge in [0.15, 0.2) is 21.3 Å². The Morgan fingerprint density at radius 1 is 1.14 bits per heavy atom. The Hall–Kier alpha value is -3.07. The molecule has 28 heavy (non-hydrogen) atoms. The van der Waals surface area contributed by atoms with E-state index in [1.165, 1.54) is 26.4 Å². The van der Waals surface area contributed by atoms with Gasteiger partial charge in [-0.05, 0) is 29.8 Å². The van der Waals surface area contributed by atoms with Crippen LogP contribution >= 0.6 is 0 Å². The molecule has 1 aliphatic rings. The van der Waals surface area contributed by atoms with E-state index in [1.807, 2.05) is 0 Å². The van der Waals surface area contributed by atoms with Crippen molar-refractivity contribution in [3.63, 3.8) is 0 Å². The molecule has 2 N–H and O–H groups in total. The first-order chi connectivity index (χ1) is 13.3. The largest absolute Gasteiger partial charge is 0.493 e. The molecule has 2 amide bonds. The van der Waals surface area contributed by atoms with Crippen LogP contribution in [0.1, 0.15) is 17.2 Å². The first-order valence-corrected chi connectivity index (χ1v) is 9.97. The van der Waals surface area contributed by atoms with E-state index in [4.69, 9.17) is 15.2 Å². The number of nitrogens with two attached hydrogens (primary N) is 1. The summed E-state index contributed by atoms with van der Waals surface area (Å²) in [4.78, 5) is 25.4. The lowest BCUT2D eigenvalue weighted by Crippen LogP contribution is -2.38. The van der Waals surface area contributed by atoms with Crippen molar-refractivity contribution in [1.29, 1.82) is 0 Å². The van der Waals surface area contributed by atoms with E-state index in [0.717, 1.165) is 4.90 Å². The first kappa shape index (κ1) is 19.7. The fourth-order valence-electron chi connectivity index (χ4n) is 3.27. The SMILES string of the molecule is COc1ccc(C2CC(=O)N(CC(N)=O)c3ccccc3S2(=O)=O)cc1OC. The molecule has 1 atom stereocenters. The number of benzene rings is 2. The minimum absolute atomic E-state index is 0.0260.